The van der Waals surface area contributed by atoms with E-state index in [2.05, 4.69) is 20.7 Å². The maximum atomic E-state index is 13.2. The van der Waals surface area contributed by atoms with Crippen LogP contribution in [0.25, 0.3) is 0 Å². The molecule has 0 radical (unpaired) electrons. The van der Waals surface area contributed by atoms with Gasteiger partial charge in [-0.1, -0.05) is 6.07 Å². The van der Waals surface area contributed by atoms with Crippen LogP contribution in [0.4, 0.5) is 17.6 Å². The highest BCUT2D eigenvalue weighted by Gasteiger charge is 2.33. The van der Waals surface area contributed by atoms with E-state index < -0.39 is 17.6 Å². The summed E-state index contributed by atoms with van der Waals surface area (Å²) in [6, 6.07) is 4.63. The molecule has 156 valence electrons. The van der Waals surface area contributed by atoms with E-state index in [9.17, 15) is 17.6 Å². The van der Waals surface area contributed by atoms with Gasteiger partial charge in [0.1, 0.15) is 5.82 Å². The van der Waals surface area contributed by atoms with Gasteiger partial charge in [-0.2, -0.15) is 18.3 Å². The zero-order chi connectivity index (χ0) is 20.0. The number of rotatable bonds is 6. The summed E-state index contributed by atoms with van der Waals surface area (Å²) in [5.41, 5.74) is 0.994. The van der Waals surface area contributed by atoms with Crippen LogP contribution >= 0.6 is 24.0 Å². The Hall–Kier alpha value is -1.85. The molecule has 0 saturated heterocycles. The average molecular weight is 513 g/mol. The minimum Gasteiger partial charge on any atom is -0.356 e. The summed E-state index contributed by atoms with van der Waals surface area (Å²) in [5.74, 6) is -0.543. The van der Waals surface area contributed by atoms with Crippen molar-refractivity contribution in [2.24, 2.45) is 4.99 Å². The second-order valence-electron chi connectivity index (χ2n) is 6.16. The van der Waals surface area contributed by atoms with Gasteiger partial charge in [-0.05, 0) is 44.0 Å². The summed E-state index contributed by atoms with van der Waals surface area (Å²) >= 11 is 0. The molecule has 2 rings (SSSR count). The Labute approximate surface area is 178 Å². The highest BCUT2D eigenvalue weighted by Crippen LogP contribution is 2.32. The number of hydrogen-bond acceptors (Lipinski definition) is 2. The normalized spacial score (nSPS) is 11.9. The Morgan fingerprint density at radius 1 is 1.18 bits per heavy atom. The van der Waals surface area contributed by atoms with Crippen LogP contribution in [0, 0.1) is 19.7 Å². The van der Waals surface area contributed by atoms with Crippen LogP contribution < -0.4 is 10.6 Å². The molecule has 1 aromatic heterocycles. The second-order valence-corrected chi connectivity index (χ2v) is 6.16. The molecular weight excluding hydrogens is 489 g/mol. The molecule has 0 saturated carbocycles. The number of nitrogens with one attached hydrogen (secondary N) is 2. The molecule has 1 heterocycles. The number of aliphatic imine (C=N–C) groups is 1. The van der Waals surface area contributed by atoms with Gasteiger partial charge in [-0.15, -0.1) is 24.0 Å². The summed E-state index contributed by atoms with van der Waals surface area (Å²) in [4.78, 5) is 4.00. The van der Waals surface area contributed by atoms with Crippen molar-refractivity contribution in [1.82, 2.24) is 20.4 Å². The molecule has 0 atom stereocenters. The zero-order valence-electron chi connectivity index (χ0n) is 15.9. The van der Waals surface area contributed by atoms with Crippen molar-refractivity contribution in [3.05, 3.63) is 52.6 Å². The van der Waals surface area contributed by atoms with Crippen LogP contribution in [-0.2, 0) is 19.3 Å². The fourth-order valence-corrected chi connectivity index (χ4v) is 2.70. The Bertz CT molecular complexity index is 802. The Balaban J connectivity index is 0.00000392. The lowest BCUT2D eigenvalue weighted by Crippen LogP contribution is -2.38. The molecule has 5 nitrogen and oxygen atoms in total. The van der Waals surface area contributed by atoms with Gasteiger partial charge >= 0.3 is 6.18 Å². The largest absolute Gasteiger partial charge is 0.416 e. The first-order valence-corrected chi connectivity index (χ1v) is 8.52. The van der Waals surface area contributed by atoms with Crippen LogP contribution in [0.15, 0.2) is 29.3 Å². The number of guanidine groups is 1. The summed E-state index contributed by atoms with van der Waals surface area (Å²) in [7, 11) is 1.53. The second kappa shape index (κ2) is 10.6. The monoisotopic (exact) mass is 513 g/mol. The molecule has 0 spiro atoms. The Morgan fingerprint density at radius 3 is 2.46 bits per heavy atom. The average Bonchev–Trinajstić information content (AvgIpc) is 2.91. The summed E-state index contributed by atoms with van der Waals surface area (Å²) in [6.07, 6.45) is -3.84. The van der Waals surface area contributed by atoms with Crippen LogP contribution in [0.5, 0.6) is 0 Å². The molecule has 0 unspecified atom stereocenters. The van der Waals surface area contributed by atoms with Crippen LogP contribution in [0.1, 0.15) is 28.9 Å². The summed E-state index contributed by atoms with van der Waals surface area (Å²) < 4.78 is 54.1. The fourth-order valence-electron chi connectivity index (χ4n) is 2.70. The molecule has 28 heavy (non-hydrogen) atoms. The molecule has 2 N–H and O–H groups in total. The molecule has 2 aromatic rings. The fraction of sp³-hybridized carbons (Fsp3) is 0.444. The molecular formula is C18H24F4IN5. The Kier molecular flexibility index (Phi) is 9.18. The summed E-state index contributed by atoms with van der Waals surface area (Å²) in [6.45, 7) is 5.09. The zero-order valence-corrected chi connectivity index (χ0v) is 18.2. The van der Waals surface area contributed by atoms with E-state index in [4.69, 9.17) is 0 Å². The molecule has 10 heteroatoms. The van der Waals surface area contributed by atoms with Crippen LogP contribution in [-0.4, -0.2) is 29.3 Å². The lowest BCUT2D eigenvalue weighted by atomic mass is 10.1. The topological polar surface area (TPSA) is 54.2 Å². The van der Waals surface area contributed by atoms with Gasteiger partial charge < -0.3 is 10.6 Å². The van der Waals surface area contributed by atoms with Crippen molar-refractivity contribution < 1.29 is 17.6 Å². The van der Waals surface area contributed by atoms with Crippen LogP contribution in [0.3, 0.4) is 0 Å². The van der Waals surface area contributed by atoms with Crippen molar-refractivity contribution in [1.29, 1.82) is 0 Å². The first kappa shape index (κ1) is 24.2. The maximum absolute atomic E-state index is 13.2. The standard InChI is InChI=1S/C18H23F4N5.HI/c1-12-9-13(2)27(26-12)8-4-7-24-17(23-3)25-11-14-5-6-15(19)10-16(14)18(20,21)22;/h5-6,9-10H,4,7-8,11H2,1-3H3,(H2,23,24,25);1H. The van der Waals surface area contributed by atoms with E-state index in [0.717, 1.165) is 36.5 Å². The van der Waals surface area contributed by atoms with Crippen molar-refractivity contribution in [2.75, 3.05) is 13.6 Å². The van der Waals surface area contributed by atoms with E-state index >= 15 is 0 Å². The molecule has 0 amide bonds. The minimum atomic E-state index is -4.62. The highest BCUT2D eigenvalue weighted by atomic mass is 127. The van der Waals surface area contributed by atoms with Crippen molar-refractivity contribution in [3.8, 4) is 0 Å². The predicted octanol–water partition coefficient (Wildman–Crippen LogP) is 4.03. The third-order valence-electron chi connectivity index (χ3n) is 3.99. The highest BCUT2D eigenvalue weighted by molar-refractivity contribution is 14.0. The van der Waals surface area contributed by atoms with Gasteiger partial charge in [0.15, 0.2) is 5.96 Å². The summed E-state index contributed by atoms with van der Waals surface area (Å²) in [5, 5.41) is 10.2. The lowest BCUT2D eigenvalue weighted by Gasteiger charge is -2.16. The maximum Gasteiger partial charge on any atom is 0.416 e. The molecule has 1 aromatic carbocycles. The van der Waals surface area contributed by atoms with E-state index in [1.165, 1.54) is 7.05 Å². The van der Waals surface area contributed by atoms with E-state index in [1.54, 1.807) is 0 Å². The number of aryl methyl sites for hydroxylation is 3. The number of alkyl halides is 3. The molecule has 0 fully saturated rings. The quantitative estimate of drug-likeness (QED) is 0.202. The SMILES string of the molecule is CN=C(NCCCn1nc(C)cc1C)NCc1ccc(F)cc1C(F)(F)F.I. The van der Waals surface area contributed by atoms with E-state index in [0.29, 0.717) is 18.6 Å². The van der Waals surface area contributed by atoms with Gasteiger partial charge in [-0.25, -0.2) is 4.39 Å². The lowest BCUT2D eigenvalue weighted by molar-refractivity contribution is -0.138. The number of aromatic nitrogens is 2. The molecule has 0 aliphatic rings. The third-order valence-corrected chi connectivity index (χ3v) is 3.99. The number of hydrogen-bond donors (Lipinski definition) is 2. The molecule has 0 aliphatic carbocycles. The third kappa shape index (κ3) is 6.95. The molecule has 0 bridgehead atoms. The van der Waals surface area contributed by atoms with Gasteiger partial charge in [0.25, 0.3) is 0 Å². The van der Waals surface area contributed by atoms with E-state index in [-0.39, 0.29) is 36.1 Å². The number of halogens is 5. The van der Waals surface area contributed by atoms with Gasteiger partial charge in [-0.3, -0.25) is 9.67 Å². The smallest absolute Gasteiger partial charge is 0.356 e. The number of nitrogens with zero attached hydrogens (tertiary/aromatic N) is 3. The van der Waals surface area contributed by atoms with Gasteiger partial charge in [0.2, 0.25) is 0 Å². The van der Waals surface area contributed by atoms with Crippen molar-refractivity contribution >= 4 is 29.9 Å². The van der Waals surface area contributed by atoms with E-state index in [1.807, 2.05) is 24.6 Å². The van der Waals surface area contributed by atoms with Crippen LogP contribution in [0.2, 0.25) is 0 Å². The first-order chi connectivity index (χ1) is 12.7. The minimum absolute atomic E-state index is 0. The van der Waals surface area contributed by atoms with Crippen molar-refractivity contribution in [3.63, 3.8) is 0 Å². The van der Waals surface area contributed by atoms with Gasteiger partial charge in [0, 0.05) is 32.4 Å². The predicted molar refractivity (Wildman–Crippen MR) is 111 cm³/mol. The Morgan fingerprint density at radius 2 is 1.89 bits per heavy atom. The first-order valence-electron chi connectivity index (χ1n) is 8.52. The molecule has 0 aliphatic heterocycles. The van der Waals surface area contributed by atoms with Crippen molar-refractivity contribution in [2.45, 2.75) is 39.5 Å². The van der Waals surface area contributed by atoms with Gasteiger partial charge in [0.05, 0.1) is 11.3 Å². The number of benzene rings is 1.